The van der Waals surface area contributed by atoms with Crippen molar-refractivity contribution in [1.29, 1.82) is 0 Å². The normalized spacial score (nSPS) is 18.6. The maximum atomic E-state index is 13.1. The minimum absolute atomic E-state index is 0.0912. The number of rotatable bonds is 4. The highest BCUT2D eigenvalue weighted by Crippen LogP contribution is 2.23. The van der Waals surface area contributed by atoms with Crippen molar-refractivity contribution in [3.63, 3.8) is 0 Å². The van der Waals surface area contributed by atoms with Gasteiger partial charge in [-0.3, -0.25) is 9.69 Å². The van der Waals surface area contributed by atoms with Gasteiger partial charge in [-0.25, -0.2) is 9.37 Å². The lowest BCUT2D eigenvalue weighted by molar-refractivity contribution is -0.129. The topological polar surface area (TPSA) is 92.6 Å². The summed E-state index contributed by atoms with van der Waals surface area (Å²) < 4.78 is 18.7. The van der Waals surface area contributed by atoms with Crippen LogP contribution in [0.1, 0.15) is 18.7 Å². The van der Waals surface area contributed by atoms with Crippen molar-refractivity contribution in [2.75, 3.05) is 13.1 Å². The number of aliphatic hydroxyl groups is 1. The first-order valence-corrected chi connectivity index (χ1v) is 7.27. The minimum atomic E-state index is -1.07. The molecule has 1 saturated heterocycles. The van der Waals surface area contributed by atoms with Crippen LogP contribution in [0.5, 0.6) is 0 Å². The number of nitrogens with zero attached hydrogens (tertiary/aromatic N) is 2. The van der Waals surface area contributed by atoms with Crippen LogP contribution < -0.4 is 5.73 Å². The third-order valence-corrected chi connectivity index (χ3v) is 4.12. The first kappa shape index (κ1) is 14.9. The smallest absolute Gasteiger partial charge is 0.246 e. The van der Waals surface area contributed by atoms with E-state index in [2.05, 4.69) is 9.88 Å². The zero-order valence-electron chi connectivity index (χ0n) is 12.0. The fraction of sp³-hybridized carbons (Fsp3) is 0.467. The molecule has 22 heavy (non-hydrogen) atoms. The van der Waals surface area contributed by atoms with E-state index in [0.29, 0.717) is 36.4 Å². The third-order valence-electron chi connectivity index (χ3n) is 4.12. The van der Waals surface area contributed by atoms with E-state index in [0.717, 1.165) is 13.1 Å². The molecule has 3 N–H and O–H groups in total. The quantitative estimate of drug-likeness (QED) is 0.880. The van der Waals surface area contributed by atoms with Crippen LogP contribution in [0, 0.1) is 11.7 Å². The van der Waals surface area contributed by atoms with Gasteiger partial charge in [0.2, 0.25) is 11.8 Å². The second-order valence-corrected chi connectivity index (χ2v) is 5.68. The molecule has 6 nitrogen and oxygen atoms in total. The zero-order chi connectivity index (χ0) is 15.7. The average Bonchev–Trinajstić information content (AvgIpc) is 2.88. The summed E-state index contributed by atoms with van der Waals surface area (Å²) in [5.74, 6) is -0.561. The molecule has 1 atom stereocenters. The van der Waals surface area contributed by atoms with Gasteiger partial charge < -0.3 is 15.3 Å². The summed E-state index contributed by atoms with van der Waals surface area (Å²) in [6, 6.07) is 4.25. The molecule has 1 fully saturated rings. The Morgan fingerprint density at radius 3 is 2.91 bits per heavy atom. The van der Waals surface area contributed by atoms with Crippen molar-refractivity contribution in [2.45, 2.75) is 25.5 Å². The number of fused-ring (bicyclic) bond motifs is 1. The van der Waals surface area contributed by atoms with E-state index in [9.17, 15) is 14.3 Å². The van der Waals surface area contributed by atoms with Gasteiger partial charge in [-0.2, -0.15) is 0 Å². The summed E-state index contributed by atoms with van der Waals surface area (Å²) in [7, 11) is 0. The molecule has 2 heterocycles. The van der Waals surface area contributed by atoms with E-state index in [1.54, 1.807) is 6.07 Å². The Morgan fingerprint density at radius 2 is 2.23 bits per heavy atom. The fourth-order valence-corrected chi connectivity index (χ4v) is 2.87. The first-order chi connectivity index (χ1) is 10.5. The molecule has 7 heteroatoms. The average molecular weight is 307 g/mol. The molecule has 0 unspecified atom stereocenters. The maximum Gasteiger partial charge on any atom is 0.246 e. The van der Waals surface area contributed by atoms with Gasteiger partial charge in [-0.15, -0.1) is 0 Å². The number of carbonyl (C=O) groups is 1. The molecule has 3 rings (SSSR count). The molecule has 0 aliphatic carbocycles. The number of aromatic nitrogens is 1. The minimum Gasteiger partial charge on any atom is -0.439 e. The van der Waals surface area contributed by atoms with E-state index in [4.69, 9.17) is 10.2 Å². The van der Waals surface area contributed by atoms with Gasteiger partial charge in [-0.05, 0) is 44.0 Å². The van der Waals surface area contributed by atoms with E-state index in [1.165, 1.54) is 12.1 Å². The number of hydrogen-bond donors (Lipinski definition) is 2. The number of halogens is 1. The molecule has 0 radical (unpaired) electrons. The highest BCUT2D eigenvalue weighted by Gasteiger charge is 2.28. The summed E-state index contributed by atoms with van der Waals surface area (Å²) in [4.78, 5) is 17.4. The van der Waals surface area contributed by atoms with Crippen LogP contribution in [0.4, 0.5) is 4.39 Å². The van der Waals surface area contributed by atoms with E-state index in [1.807, 2.05) is 0 Å². The number of primary amides is 1. The third kappa shape index (κ3) is 3.10. The monoisotopic (exact) mass is 307 g/mol. The van der Waals surface area contributed by atoms with Crippen molar-refractivity contribution in [3.8, 4) is 0 Å². The Kier molecular flexibility index (Phi) is 4.08. The summed E-state index contributed by atoms with van der Waals surface area (Å²) >= 11 is 0. The Labute approximate surface area is 126 Å². The predicted molar refractivity (Wildman–Crippen MR) is 77.2 cm³/mol. The van der Waals surface area contributed by atoms with Gasteiger partial charge in [0.15, 0.2) is 5.58 Å². The molecule has 0 bridgehead atoms. The van der Waals surface area contributed by atoms with Crippen LogP contribution in [-0.2, 0) is 11.3 Å². The summed E-state index contributed by atoms with van der Waals surface area (Å²) in [5.41, 5.74) is 6.20. The second kappa shape index (κ2) is 6.02. The molecule has 2 aromatic rings. The lowest BCUT2D eigenvalue weighted by atomic mass is 9.91. The Hall–Kier alpha value is -1.99. The lowest BCUT2D eigenvalue weighted by Crippen LogP contribution is -2.42. The van der Waals surface area contributed by atoms with Gasteiger partial charge in [0.1, 0.15) is 17.4 Å². The van der Waals surface area contributed by atoms with Gasteiger partial charge in [0.05, 0.1) is 6.54 Å². The second-order valence-electron chi connectivity index (χ2n) is 5.68. The van der Waals surface area contributed by atoms with Crippen LogP contribution in [0.15, 0.2) is 22.6 Å². The van der Waals surface area contributed by atoms with Crippen LogP contribution in [0.3, 0.4) is 0 Å². The largest absolute Gasteiger partial charge is 0.439 e. The maximum absolute atomic E-state index is 13.1. The zero-order valence-corrected chi connectivity index (χ0v) is 12.0. The summed E-state index contributed by atoms with van der Waals surface area (Å²) in [5, 5.41) is 9.69. The van der Waals surface area contributed by atoms with E-state index >= 15 is 0 Å². The number of likely N-dealkylation sites (tertiary alicyclic amines) is 1. The lowest BCUT2D eigenvalue weighted by Gasteiger charge is -2.32. The van der Waals surface area contributed by atoms with Crippen LogP contribution in [-0.4, -0.2) is 40.1 Å². The number of nitrogens with two attached hydrogens (primary N) is 1. The fourth-order valence-electron chi connectivity index (χ4n) is 2.87. The van der Waals surface area contributed by atoms with Gasteiger partial charge in [0.25, 0.3) is 0 Å². The highest BCUT2D eigenvalue weighted by atomic mass is 19.1. The van der Waals surface area contributed by atoms with Crippen molar-refractivity contribution in [3.05, 3.63) is 29.9 Å². The molecule has 118 valence electrons. The molecule has 0 spiro atoms. The van der Waals surface area contributed by atoms with Crippen molar-refractivity contribution < 1.29 is 18.7 Å². The number of benzene rings is 1. The molecule has 0 saturated carbocycles. The number of oxazole rings is 1. The summed E-state index contributed by atoms with van der Waals surface area (Å²) in [6.07, 6.45) is 0.312. The van der Waals surface area contributed by atoms with Gasteiger partial charge in [0, 0.05) is 6.07 Å². The molecular formula is C15H18FN3O3. The van der Waals surface area contributed by atoms with Crippen molar-refractivity contribution in [2.24, 2.45) is 11.7 Å². The highest BCUT2D eigenvalue weighted by molar-refractivity contribution is 5.78. The Balaban J connectivity index is 1.61. The Morgan fingerprint density at radius 1 is 1.50 bits per heavy atom. The molecule has 1 aliphatic rings. The predicted octanol–water partition coefficient (Wildman–Crippen LogP) is 1.03. The standard InChI is InChI=1S/C15H18FN3O3/c16-10-1-2-12-11(7-10)18-13(22-12)8-19-5-3-9(4-6-19)14(20)15(17)21/h1-2,7,9,14,20H,3-6,8H2,(H2,17,21)/t14-/m0/s1. The SMILES string of the molecule is NC(=O)[C@@H](O)C1CCN(Cc2nc3cc(F)ccc3o2)CC1. The first-order valence-electron chi connectivity index (χ1n) is 7.27. The number of carbonyl (C=O) groups excluding carboxylic acids is 1. The molecule has 1 aliphatic heterocycles. The van der Waals surface area contributed by atoms with E-state index < -0.39 is 12.0 Å². The number of aliphatic hydroxyl groups excluding tert-OH is 1. The molecule has 1 amide bonds. The van der Waals surface area contributed by atoms with Crippen LogP contribution >= 0.6 is 0 Å². The van der Waals surface area contributed by atoms with Crippen LogP contribution in [0.25, 0.3) is 11.1 Å². The number of piperidine rings is 1. The van der Waals surface area contributed by atoms with Crippen LogP contribution in [0.2, 0.25) is 0 Å². The van der Waals surface area contributed by atoms with Gasteiger partial charge in [-0.1, -0.05) is 0 Å². The molecular weight excluding hydrogens is 289 g/mol. The Bertz CT molecular complexity index is 680. The van der Waals surface area contributed by atoms with E-state index in [-0.39, 0.29) is 11.7 Å². The summed E-state index contributed by atoms with van der Waals surface area (Å²) in [6.45, 7) is 1.97. The van der Waals surface area contributed by atoms with Gasteiger partial charge >= 0.3 is 0 Å². The number of hydrogen-bond acceptors (Lipinski definition) is 5. The molecule has 1 aromatic heterocycles. The van der Waals surface area contributed by atoms with Crippen molar-refractivity contribution >= 4 is 17.0 Å². The molecule has 1 aromatic carbocycles. The van der Waals surface area contributed by atoms with Crippen molar-refractivity contribution in [1.82, 2.24) is 9.88 Å². The number of amides is 1.